The van der Waals surface area contributed by atoms with E-state index in [4.69, 9.17) is 4.74 Å². The van der Waals surface area contributed by atoms with Crippen molar-refractivity contribution in [2.45, 2.75) is 17.4 Å². The minimum absolute atomic E-state index is 0.0495. The average molecular weight is 347 g/mol. The van der Waals surface area contributed by atoms with Gasteiger partial charge in [-0.05, 0) is 42.0 Å². The summed E-state index contributed by atoms with van der Waals surface area (Å²) in [4.78, 5) is 11.1. The summed E-state index contributed by atoms with van der Waals surface area (Å²) in [5.74, 6) is 0.660. The first-order chi connectivity index (χ1) is 11.4. The number of nitro benzene ring substituents is 1. The maximum absolute atomic E-state index is 12.4. The molecule has 7 heteroatoms. The van der Waals surface area contributed by atoms with E-state index < -0.39 is 21.8 Å². The molecule has 0 saturated heterocycles. The lowest BCUT2D eigenvalue weighted by Gasteiger charge is -2.13. The van der Waals surface area contributed by atoms with Gasteiger partial charge in [0.05, 0.1) is 28.9 Å². The molecule has 0 aliphatic rings. The van der Waals surface area contributed by atoms with E-state index in [0.717, 1.165) is 0 Å². The summed E-state index contributed by atoms with van der Waals surface area (Å²) in [6.07, 6.45) is -0.836. The molecule has 6 nitrogen and oxygen atoms in total. The Hall–Kier alpha value is -2.51. The average Bonchev–Trinajstić information content (AvgIpc) is 2.61. The quantitative estimate of drug-likeness (QED) is 0.613. The SMILES string of the molecule is C=C(C[C@H](O)c1ccc([N+](=O)[O-])cc1)S(=O)c1ccc(OC)cc1. The number of methoxy groups -OCH3 is 1. The Labute approximate surface area is 142 Å². The van der Waals surface area contributed by atoms with Crippen LogP contribution in [-0.2, 0) is 10.8 Å². The van der Waals surface area contributed by atoms with Crippen molar-refractivity contribution in [1.82, 2.24) is 0 Å². The van der Waals surface area contributed by atoms with Crippen LogP contribution in [0.25, 0.3) is 0 Å². The van der Waals surface area contributed by atoms with Crippen LogP contribution < -0.4 is 4.74 Å². The molecule has 126 valence electrons. The van der Waals surface area contributed by atoms with Crippen molar-refractivity contribution in [3.63, 3.8) is 0 Å². The van der Waals surface area contributed by atoms with E-state index in [-0.39, 0.29) is 12.1 Å². The number of nitro groups is 1. The van der Waals surface area contributed by atoms with E-state index in [0.29, 0.717) is 21.1 Å². The molecule has 0 fully saturated rings. The molecule has 1 N–H and O–H groups in total. The van der Waals surface area contributed by atoms with Crippen LogP contribution in [0.5, 0.6) is 5.75 Å². The molecule has 0 aliphatic heterocycles. The fourth-order valence-electron chi connectivity index (χ4n) is 2.09. The molecule has 0 amide bonds. The minimum atomic E-state index is -1.46. The predicted molar refractivity (Wildman–Crippen MR) is 91.2 cm³/mol. The minimum Gasteiger partial charge on any atom is -0.497 e. The third-order valence-corrected chi connectivity index (χ3v) is 4.84. The Kier molecular flexibility index (Phi) is 5.83. The normalized spacial score (nSPS) is 13.1. The van der Waals surface area contributed by atoms with Crippen LogP contribution in [-0.4, -0.2) is 21.3 Å². The maximum Gasteiger partial charge on any atom is 0.269 e. The molecule has 24 heavy (non-hydrogen) atoms. The first kappa shape index (κ1) is 17.8. The molecule has 0 aromatic heterocycles. The zero-order valence-electron chi connectivity index (χ0n) is 13.0. The van der Waals surface area contributed by atoms with Crippen molar-refractivity contribution < 1.29 is 19.0 Å². The summed E-state index contributed by atoms with van der Waals surface area (Å²) >= 11 is 0. The third-order valence-electron chi connectivity index (χ3n) is 3.45. The fourth-order valence-corrected chi connectivity index (χ4v) is 3.12. The van der Waals surface area contributed by atoms with Crippen molar-refractivity contribution >= 4 is 16.5 Å². The van der Waals surface area contributed by atoms with E-state index >= 15 is 0 Å². The summed E-state index contributed by atoms with van der Waals surface area (Å²) in [6.45, 7) is 3.79. The summed E-state index contributed by atoms with van der Waals surface area (Å²) < 4.78 is 17.5. The molecule has 0 bridgehead atoms. The van der Waals surface area contributed by atoms with E-state index in [2.05, 4.69) is 6.58 Å². The molecule has 0 heterocycles. The summed E-state index contributed by atoms with van der Waals surface area (Å²) in [7, 11) is 0.0844. The number of hydrogen-bond acceptors (Lipinski definition) is 5. The molecule has 0 aliphatic carbocycles. The lowest BCUT2D eigenvalue weighted by Crippen LogP contribution is -2.03. The summed E-state index contributed by atoms with van der Waals surface area (Å²) in [6, 6.07) is 12.4. The number of hydrogen-bond donors (Lipinski definition) is 1. The molecular weight excluding hydrogens is 330 g/mol. The maximum atomic E-state index is 12.4. The van der Waals surface area contributed by atoms with Gasteiger partial charge in [0.25, 0.3) is 5.69 Å². The number of ether oxygens (including phenoxy) is 1. The number of aliphatic hydroxyl groups is 1. The summed E-state index contributed by atoms with van der Waals surface area (Å²) in [5.41, 5.74) is 0.458. The first-order valence-electron chi connectivity index (χ1n) is 7.08. The largest absolute Gasteiger partial charge is 0.497 e. The standard InChI is InChI=1S/C17H17NO5S/c1-12(24(22)16-9-7-15(23-2)8-10-16)11-17(19)13-3-5-14(6-4-13)18(20)21/h3-10,17,19H,1,11H2,2H3/t17-,24?/m0/s1. The van der Waals surface area contributed by atoms with E-state index in [9.17, 15) is 19.4 Å². The van der Waals surface area contributed by atoms with Gasteiger partial charge in [0.15, 0.2) is 0 Å². The van der Waals surface area contributed by atoms with Crippen LogP contribution in [0.2, 0.25) is 0 Å². The highest BCUT2D eigenvalue weighted by Gasteiger charge is 2.16. The van der Waals surface area contributed by atoms with Gasteiger partial charge in [-0.3, -0.25) is 10.1 Å². The van der Waals surface area contributed by atoms with E-state index in [1.165, 1.54) is 24.3 Å². The topological polar surface area (TPSA) is 89.7 Å². The number of rotatable bonds is 7. The molecular formula is C17H17NO5S. The number of nitrogens with zero attached hydrogens (tertiary/aromatic N) is 1. The Balaban J connectivity index is 2.04. The second-order valence-electron chi connectivity index (χ2n) is 5.05. The molecule has 2 aromatic rings. The first-order valence-corrected chi connectivity index (χ1v) is 8.23. The predicted octanol–water partition coefficient (Wildman–Crippen LogP) is 3.35. The van der Waals surface area contributed by atoms with Gasteiger partial charge in [0, 0.05) is 28.4 Å². The zero-order chi connectivity index (χ0) is 17.7. The van der Waals surface area contributed by atoms with Crippen molar-refractivity contribution in [3.8, 4) is 5.75 Å². The second-order valence-corrected chi connectivity index (χ2v) is 6.64. The monoisotopic (exact) mass is 347 g/mol. The van der Waals surface area contributed by atoms with E-state index in [1.807, 2.05) is 0 Å². The lowest BCUT2D eigenvalue weighted by atomic mass is 10.1. The Morgan fingerprint density at radius 2 is 1.83 bits per heavy atom. The zero-order valence-corrected chi connectivity index (χ0v) is 13.9. The van der Waals surface area contributed by atoms with Crippen LogP contribution in [0.15, 0.2) is 64.9 Å². The molecule has 1 unspecified atom stereocenters. The van der Waals surface area contributed by atoms with Gasteiger partial charge >= 0.3 is 0 Å². The van der Waals surface area contributed by atoms with Gasteiger partial charge in [-0.15, -0.1) is 0 Å². The Morgan fingerprint density at radius 1 is 1.25 bits per heavy atom. The van der Waals surface area contributed by atoms with Gasteiger partial charge < -0.3 is 9.84 Å². The highest BCUT2D eigenvalue weighted by molar-refractivity contribution is 7.89. The highest BCUT2D eigenvalue weighted by atomic mass is 32.2. The van der Waals surface area contributed by atoms with Crippen LogP contribution >= 0.6 is 0 Å². The van der Waals surface area contributed by atoms with Crippen LogP contribution in [0.3, 0.4) is 0 Å². The van der Waals surface area contributed by atoms with Crippen molar-refractivity contribution in [3.05, 3.63) is 75.7 Å². The summed E-state index contributed by atoms with van der Waals surface area (Å²) in [5, 5.41) is 20.8. The van der Waals surface area contributed by atoms with Gasteiger partial charge in [-0.25, -0.2) is 4.21 Å². The highest BCUT2D eigenvalue weighted by Crippen LogP contribution is 2.26. The van der Waals surface area contributed by atoms with Crippen LogP contribution in [0.4, 0.5) is 5.69 Å². The molecule has 0 spiro atoms. The smallest absolute Gasteiger partial charge is 0.269 e. The molecule has 2 rings (SSSR count). The van der Waals surface area contributed by atoms with Crippen molar-refractivity contribution in [1.29, 1.82) is 0 Å². The number of benzene rings is 2. The number of non-ortho nitro benzene ring substituents is 1. The van der Waals surface area contributed by atoms with E-state index in [1.54, 1.807) is 31.4 Å². The van der Waals surface area contributed by atoms with Crippen molar-refractivity contribution in [2.75, 3.05) is 7.11 Å². The van der Waals surface area contributed by atoms with Crippen LogP contribution in [0.1, 0.15) is 18.1 Å². The third kappa shape index (κ3) is 4.27. The fraction of sp³-hybridized carbons (Fsp3) is 0.176. The number of aliphatic hydroxyl groups excluding tert-OH is 1. The lowest BCUT2D eigenvalue weighted by molar-refractivity contribution is -0.384. The van der Waals surface area contributed by atoms with Gasteiger partial charge in [-0.1, -0.05) is 6.58 Å². The molecule has 0 saturated carbocycles. The van der Waals surface area contributed by atoms with Gasteiger partial charge in [0.2, 0.25) is 0 Å². The van der Waals surface area contributed by atoms with Gasteiger partial charge in [-0.2, -0.15) is 0 Å². The molecule has 0 radical (unpaired) electrons. The molecule has 2 aromatic carbocycles. The molecule has 2 atom stereocenters. The van der Waals surface area contributed by atoms with Crippen molar-refractivity contribution in [2.24, 2.45) is 0 Å². The Morgan fingerprint density at radius 3 is 2.33 bits per heavy atom. The Bertz CT molecular complexity index is 756. The van der Waals surface area contributed by atoms with Gasteiger partial charge in [0.1, 0.15) is 5.75 Å². The second kappa shape index (κ2) is 7.85. The van der Waals surface area contributed by atoms with Crippen LogP contribution in [0, 0.1) is 10.1 Å².